The Morgan fingerprint density at radius 2 is 2.47 bits per heavy atom. The minimum absolute atomic E-state index is 0.0497. The Morgan fingerprint density at radius 3 is 3.06 bits per heavy atom. The second-order valence-corrected chi connectivity index (χ2v) is 4.29. The first-order valence-corrected chi connectivity index (χ1v) is 5.95. The normalized spacial score (nSPS) is 21.1. The van der Waals surface area contributed by atoms with Crippen molar-refractivity contribution in [2.75, 3.05) is 20.3 Å². The van der Waals surface area contributed by atoms with Gasteiger partial charge in [0, 0.05) is 32.7 Å². The summed E-state index contributed by atoms with van der Waals surface area (Å²) >= 11 is 0. The lowest BCUT2D eigenvalue weighted by atomic mass is 10.1. The minimum atomic E-state index is -0.498. The molecule has 0 aliphatic carbocycles. The van der Waals surface area contributed by atoms with Crippen molar-refractivity contribution < 1.29 is 14.3 Å². The Morgan fingerprint density at radius 1 is 1.71 bits per heavy atom. The smallest absolute Gasteiger partial charge is 0.236 e. The van der Waals surface area contributed by atoms with Gasteiger partial charge in [-0.1, -0.05) is 0 Å². The van der Waals surface area contributed by atoms with Crippen LogP contribution in [-0.4, -0.2) is 44.2 Å². The number of carbonyl (C=O) groups is 2. The highest BCUT2D eigenvalue weighted by atomic mass is 16.5. The van der Waals surface area contributed by atoms with Crippen molar-refractivity contribution in [2.45, 2.75) is 37.8 Å². The molecule has 6 nitrogen and oxygen atoms in total. The lowest BCUT2D eigenvalue weighted by Gasteiger charge is -2.15. The molecule has 0 aromatic rings. The molecule has 17 heavy (non-hydrogen) atoms. The van der Waals surface area contributed by atoms with E-state index >= 15 is 0 Å². The molecule has 4 N–H and O–H groups in total. The molecule has 1 aliphatic heterocycles. The summed E-state index contributed by atoms with van der Waals surface area (Å²) in [7, 11) is 1.62. The fourth-order valence-electron chi connectivity index (χ4n) is 1.76. The molecule has 6 heteroatoms. The van der Waals surface area contributed by atoms with Crippen molar-refractivity contribution in [3.63, 3.8) is 0 Å². The van der Waals surface area contributed by atoms with E-state index in [1.165, 1.54) is 0 Å². The van der Waals surface area contributed by atoms with Crippen LogP contribution in [-0.2, 0) is 14.3 Å². The average Bonchev–Trinajstić information content (AvgIpc) is 2.72. The fourth-order valence-corrected chi connectivity index (χ4v) is 1.76. The number of rotatable bonds is 7. The summed E-state index contributed by atoms with van der Waals surface area (Å²) in [4.78, 5) is 22.5. The molecule has 0 aromatic heterocycles. The average molecular weight is 243 g/mol. The van der Waals surface area contributed by atoms with E-state index in [2.05, 4.69) is 10.6 Å². The summed E-state index contributed by atoms with van der Waals surface area (Å²) in [6.45, 7) is 1.07. The van der Waals surface area contributed by atoms with Crippen molar-refractivity contribution in [3.8, 4) is 0 Å². The number of nitrogens with one attached hydrogen (secondary N) is 2. The highest BCUT2D eigenvalue weighted by molar-refractivity contribution is 5.82. The van der Waals surface area contributed by atoms with Gasteiger partial charge in [-0.15, -0.1) is 0 Å². The number of ether oxygens (including phenoxy) is 1. The van der Waals surface area contributed by atoms with E-state index in [9.17, 15) is 9.59 Å². The Labute approximate surface area is 101 Å². The third kappa shape index (κ3) is 5.14. The van der Waals surface area contributed by atoms with Crippen LogP contribution in [0.4, 0.5) is 0 Å². The van der Waals surface area contributed by atoms with Gasteiger partial charge in [0.2, 0.25) is 11.8 Å². The summed E-state index contributed by atoms with van der Waals surface area (Å²) in [5.41, 5.74) is 5.72. The zero-order chi connectivity index (χ0) is 12.7. The van der Waals surface area contributed by atoms with Crippen LogP contribution in [0.1, 0.15) is 25.7 Å². The van der Waals surface area contributed by atoms with Crippen LogP contribution in [0, 0.1) is 0 Å². The predicted molar refractivity (Wildman–Crippen MR) is 63.3 cm³/mol. The largest absolute Gasteiger partial charge is 0.385 e. The van der Waals surface area contributed by atoms with Crippen molar-refractivity contribution in [3.05, 3.63) is 0 Å². The van der Waals surface area contributed by atoms with Crippen LogP contribution in [0.5, 0.6) is 0 Å². The lowest BCUT2D eigenvalue weighted by Crippen LogP contribution is -2.45. The van der Waals surface area contributed by atoms with Gasteiger partial charge in [-0.25, -0.2) is 0 Å². The Balaban J connectivity index is 2.13. The van der Waals surface area contributed by atoms with Gasteiger partial charge in [0.15, 0.2) is 0 Å². The van der Waals surface area contributed by atoms with Crippen molar-refractivity contribution in [2.24, 2.45) is 5.73 Å². The lowest BCUT2D eigenvalue weighted by molar-refractivity contribution is -0.123. The van der Waals surface area contributed by atoms with Gasteiger partial charge in [0.25, 0.3) is 0 Å². The van der Waals surface area contributed by atoms with E-state index in [0.717, 1.165) is 12.8 Å². The van der Waals surface area contributed by atoms with Crippen LogP contribution in [0.3, 0.4) is 0 Å². The molecule has 2 amide bonds. The first-order valence-electron chi connectivity index (χ1n) is 5.95. The molecule has 0 bridgehead atoms. The van der Waals surface area contributed by atoms with Crippen LogP contribution in [0.25, 0.3) is 0 Å². The summed E-state index contributed by atoms with van der Waals surface area (Å²) in [6.07, 6.45) is 2.69. The Kier molecular flexibility index (Phi) is 5.93. The second-order valence-electron chi connectivity index (χ2n) is 4.29. The SMILES string of the molecule is COCCCC(N)C(=O)NCC1CCC(=O)N1. The highest BCUT2D eigenvalue weighted by Gasteiger charge is 2.22. The van der Waals surface area contributed by atoms with Crippen molar-refractivity contribution in [1.29, 1.82) is 0 Å². The number of nitrogens with two attached hydrogens (primary N) is 1. The topological polar surface area (TPSA) is 93.4 Å². The number of amides is 2. The maximum absolute atomic E-state index is 11.6. The Bertz CT molecular complexity index is 271. The van der Waals surface area contributed by atoms with Gasteiger partial charge in [-0.2, -0.15) is 0 Å². The zero-order valence-electron chi connectivity index (χ0n) is 10.2. The van der Waals surface area contributed by atoms with Crippen LogP contribution in [0.15, 0.2) is 0 Å². The third-order valence-corrected chi connectivity index (χ3v) is 2.81. The Hall–Kier alpha value is -1.14. The fraction of sp³-hybridized carbons (Fsp3) is 0.818. The molecule has 0 saturated carbocycles. The molecule has 1 aliphatic rings. The third-order valence-electron chi connectivity index (χ3n) is 2.81. The molecule has 1 saturated heterocycles. The highest BCUT2D eigenvalue weighted by Crippen LogP contribution is 2.05. The molecule has 1 rings (SSSR count). The van der Waals surface area contributed by atoms with Gasteiger partial charge in [-0.05, 0) is 19.3 Å². The number of carbonyl (C=O) groups excluding carboxylic acids is 2. The first kappa shape index (κ1) is 13.9. The van der Waals surface area contributed by atoms with Crippen LogP contribution >= 0.6 is 0 Å². The van der Waals surface area contributed by atoms with E-state index in [1.54, 1.807) is 7.11 Å². The molecule has 1 heterocycles. The maximum Gasteiger partial charge on any atom is 0.236 e. The molecule has 1 fully saturated rings. The standard InChI is InChI=1S/C11H21N3O3/c1-17-6-2-3-9(12)11(16)13-7-8-4-5-10(15)14-8/h8-9H,2-7,12H2,1H3,(H,13,16)(H,14,15). The van der Waals surface area contributed by atoms with E-state index < -0.39 is 6.04 Å². The van der Waals surface area contributed by atoms with Gasteiger partial charge in [0.1, 0.15) is 0 Å². The molecule has 2 atom stereocenters. The van der Waals surface area contributed by atoms with Crippen molar-refractivity contribution in [1.82, 2.24) is 10.6 Å². The molecule has 0 radical (unpaired) electrons. The molecule has 98 valence electrons. The summed E-state index contributed by atoms with van der Waals surface area (Å²) in [6, 6.07) is -0.445. The van der Waals surface area contributed by atoms with Gasteiger partial charge in [0.05, 0.1) is 6.04 Å². The number of hydrogen-bond donors (Lipinski definition) is 3. The number of hydrogen-bond acceptors (Lipinski definition) is 4. The van der Waals surface area contributed by atoms with E-state index in [4.69, 9.17) is 10.5 Å². The molecular weight excluding hydrogens is 222 g/mol. The summed E-state index contributed by atoms with van der Waals surface area (Å²) in [5.74, 6) is -0.115. The molecule has 0 aromatic carbocycles. The van der Waals surface area contributed by atoms with Crippen LogP contribution in [0.2, 0.25) is 0 Å². The maximum atomic E-state index is 11.6. The van der Waals surface area contributed by atoms with E-state index in [0.29, 0.717) is 26.0 Å². The monoisotopic (exact) mass is 243 g/mol. The van der Waals surface area contributed by atoms with Gasteiger partial charge in [-0.3, -0.25) is 9.59 Å². The zero-order valence-corrected chi connectivity index (χ0v) is 10.2. The molecule has 0 spiro atoms. The summed E-state index contributed by atoms with van der Waals surface area (Å²) in [5, 5.41) is 5.54. The minimum Gasteiger partial charge on any atom is -0.385 e. The van der Waals surface area contributed by atoms with Crippen molar-refractivity contribution >= 4 is 11.8 Å². The van der Waals surface area contributed by atoms with Gasteiger partial charge < -0.3 is 21.1 Å². The van der Waals surface area contributed by atoms with E-state index in [1.807, 2.05) is 0 Å². The van der Waals surface area contributed by atoms with E-state index in [-0.39, 0.29) is 17.9 Å². The van der Waals surface area contributed by atoms with Crippen LogP contribution < -0.4 is 16.4 Å². The summed E-state index contributed by atoms with van der Waals surface area (Å²) < 4.78 is 4.89. The van der Waals surface area contributed by atoms with Gasteiger partial charge >= 0.3 is 0 Å². The second kappa shape index (κ2) is 7.24. The molecule has 2 unspecified atom stereocenters. The predicted octanol–water partition coefficient (Wildman–Crippen LogP) is -0.865. The molecular formula is C11H21N3O3. The quantitative estimate of drug-likeness (QED) is 0.507. The number of methoxy groups -OCH3 is 1. The first-order chi connectivity index (χ1) is 8.13.